The molecule has 0 aliphatic rings. The molecular formula is CH4LiN2O. The van der Waals surface area contributed by atoms with Gasteiger partial charge in [-0.05, 0) is 0 Å². The normalized spacial score (nSPS) is 4.80. The largest absolute Gasteiger partial charge is 0.352 e. The van der Waals surface area contributed by atoms with Gasteiger partial charge in [0.1, 0.15) is 0 Å². The molecule has 0 unspecified atom stereocenters. The van der Waals surface area contributed by atoms with Crippen LogP contribution in [-0.4, -0.2) is 24.9 Å². The van der Waals surface area contributed by atoms with E-state index in [-0.39, 0.29) is 18.9 Å². The van der Waals surface area contributed by atoms with Gasteiger partial charge >= 0.3 is 6.03 Å². The van der Waals surface area contributed by atoms with Gasteiger partial charge in [-0.15, -0.1) is 0 Å². The third-order valence-electron chi connectivity index (χ3n) is 0. The Labute approximate surface area is 41.9 Å². The molecule has 1 radical (unpaired) electrons. The van der Waals surface area contributed by atoms with Crippen molar-refractivity contribution in [1.29, 1.82) is 0 Å². The summed E-state index contributed by atoms with van der Waals surface area (Å²) in [5.74, 6) is 0. The molecule has 0 atom stereocenters. The van der Waals surface area contributed by atoms with Crippen molar-refractivity contribution in [3.63, 3.8) is 0 Å². The molecule has 2 amide bonds. The number of amides is 2. The van der Waals surface area contributed by atoms with Crippen LogP contribution in [0.15, 0.2) is 0 Å². The van der Waals surface area contributed by atoms with Gasteiger partial charge in [0, 0.05) is 18.9 Å². The second-order valence-corrected chi connectivity index (χ2v) is 0.402. The smallest absolute Gasteiger partial charge is 0.309 e. The van der Waals surface area contributed by atoms with Crippen LogP contribution in [-0.2, 0) is 0 Å². The van der Waals surface area contributed by atoms with Crippen LogP contribution >= 0.6 is 0 Å². The van der Waals surface area contributed by atoms with Crippen LogP contribution in [0.4, 0.5) is 4.79 Å². The van der Waals surface area contributed by atoms with Crippen LogP contribution in [0.1, 0.15) is 0 Å². The van der Waals surface area contributed by atoms with E-state index >= 15 is 0 Å². The third-order valence-corrected chi connectivity index (χ3v) is 0. The van der Waals surface area contributed by atoms with Crippen LogP contribution in [0.2, 0.25) is 0 Å². The van der Waals surface area contributed by atoms with Crippen molar-refractivity contribution in [2.24, 2.45) is 11.5 Å². The molecule has 3 nitrogen and oxygen atoms in total. The quantitative estimate of drug-likeness (QED) is 0.337. The van der Waals surface area contributed by atoms with E-state index < -0.39 is 6.03 Å². The molecule has 0 saturated carbocycles. The number of nitrogens with two attached hydrogens (primary N) is 2. The van der Waals surface area contributed by atoms with E-state index in [0.29, 0.717) is 0 Å². The van der Waals surface area contributed by atoms with Crippen molar-refractivity contribution in [2.75, 3.05) is 0 Å². The minimum Gasteiger partial charge on any atom is -0.352 e. The molecule has 4 N–H and O–H groups in total. The zero-order chi connectivity index (χ0) is 3.58. The fourth-order valence-corrected chi connectivity index (χ4v) is 0. The average Bonchev–Trinajstić information content (AvgIpc) is 0.811. The molecule has 0 fully saturated rings. The van der Waals surface area contributed by atoms with Gasteiger partial charge in [-0.3, -0.25) is 0 Å². The van der Waals surface area contributed by atoms with Gasteiger partial charge in [0.15, 0.2) is 0 Å². The summed E-state index contributed by atoms with van der Waals surface area (Å²) in [5, 5.41) is 0. The summed E-state index contributed by atoms with van der Waals surface area (Å²) in [6.07, 6.45) is 0. The Morgan fingerprint density at radius 3 is 1.40 bits per heavy atom. The van der Waals surface area contributed by atoms with Crippen molar-refractivity contribution < 1.29 is 4.79 Å². The molecule has 25 valence electrons. The fourth-order valence-electron chi connectivity index (χ4n) is 0. The van der Waals surface area contributed by atoms with E-state index in [2.05, 4.69) is 11.5 Å². The summed E-state index contributed by atoms with van der Waals surface area (Å²) < 4.78 is 0. The molecule has 0 aromatic carbocycles. The second kappa shape index (κ2) is 3.87. The first-order valence-electron chi connectivity index (χ1n) is 0.781. The van der Waals surface area contributed by atoms with Crippen LogP contribution in [0, 0.1) is 0 Å². The van der Waals surface area contributed by atoms with Gasteiger partial charge in [-0.2, -0.15) is 0 Å². The van der Waals surface area contributed by atoms with Gasteiger partial charge < -0.3 is 11.5 Å². The summed E-state index contributed by atoms with van der Waals surface area (Å²) >= 11 is 0. The van der Waals surface area contributed by atoms with Crippen LogP contribution in [0.5, 0.6) is 0 Å². The molecule has 0 aromatic heterocycles. The van der Waals surface area contributed by atoms with Gasteiger partial charge in [-0.25, -0.2) is 4.79 Å². The maximum atomic E-state index is 9.00. The van der Waals surface area contributed by atoms with E-state index in [0.717, 1.165) is 0 Å². The van der Waals surface area contributed by atoms with Crippen molar-refractivity contribution in [2.45, 2.75) is 0 Å². The molecule has 4 heteroatoms. The molecule has 5 heavy (non-hydrogen) atoms. The van der Waals surface area contributed by atoms with Gasteiger partial charge in [0.2, 0.25) is 0 Å². The SMILES string of the molecule is NC(N)=O.[Li]. The third kappa shape index (κ3) is 767. The number of hydrogen-bond donors (Lipinski definition) is 2. The monoisotopic (exact) mass is 67.0 g/mol. The number of rotatable bonds is 0. The molecule has 0 bridgehead atoms. The van der Waals surface area contributed by atoms with Crippen molar-refractivity contribution in [1.82, 2.24) is 0 Å². The second-order valence-electron chi connectivity index (χ2n) is 0.402. The minimum atomic E-state index is -0.833. The van der Waals surface area contributed by atoms with Crippen LogP contribution in [0.3, 0.4) is 0 Å². The number of carbonyl (C=O) groups is 1. The first-order chi connectivity index (χ1) is 1.73. The predicted octanol–water partition coefficient (Wildman–Crippen LogP) is -1.36. The van der Waals surface area contributed by atoms with Gasteiger partial charge in [-0.1, -0.05) is 0 Å². The summed E-state index contributed by atoms with van der Waals surface area (Å²) in [5.41, 5.74) is 8.50. The van der Waals surface area contributed by atoms with Crippen LogP contribution < -0.4 is 11.5 Å². The van der Waals surface area contributed by atoms with E-state index in [4.69, 9.17) is 4.79 Å². The maximum Gasteiger partial charge on any atom is 0.309 e. The molecule has 0 rings (SSSR count). The first kappa shape index (κ1) is 8.85. The number of urea groups is 1. The number of hydrogen-bond acceptors (Lipinski definition) is 1. The van der Waals surface area contributed by atoms with Crippen molar-refractivity contribution in [3.05, 3.63) is 0 Å². The van der Waals surface area contributed by atoms with E-state index in [1.165, 1.54) is 0 Å². The summed E-state index contributed by atoms with van der Waals surface area (Å²) in [6, 6.07) is -0.833. The Kier molecular flexibility index (Phi) is 6.85. The molecule has 0 saturated heterocycles. The minimum absolute atomic E-state index is 0. The van der Waals surface area contributed by atoms with Gasteiger partial charge in [0.25, 0.3) is 0 Å². The Morgan fingerprint density at radius 2 is 1.40 bits per heavy atom. The van der Waals surface area contributed by atoms with Crippen molar-refractivity contribution in [3.8, 4) is 0 Å². The summed E-state index contributed by atoms with van der Waals surface area (Å²) in [6.45, 7) is 0. The number of carbonyl (C=O) groups excluding carboxylic acids is 1. The zero-order valence-corrected chi connectivity index (χ0v) is 3.06. The predicted molar refractivity (Wildman–Crippen MR) is 19.5 cm³/mol. The molecule has 0 aliphatic heterocycles. The number of primary amides is 2. The average molecular weight is 67.0 g/mol. The van der Waals surface area contributed by atoms with E-state index in [9.17, 15) is 0 Å². The van der Waals surface area contributed by atoms with E-state index in [1.807, 2.05) is 0 Å². The zero-order valence-electron chi connectivity index (χ0n) is 3.06. The maximum absolute atomic E-state index is 9.00. The fraction of sp³-hybridized carbons (Fsp3) is 0. The molecule has 0 spiro atoms. The van der Waals surface area contributed by atoms with E-state index in [1.54, 1.807) is 0 Å². The summed E-state index contributed by atoms with van der Waals surface area (Å²) in [4.78, 5) is 9.00. The molecule has 0 aliphatic carbocycles. The Bertz CT molecular complexity index is 32.6. The van der Waals surface area contributed by atoms with Crippen LogP contribution in [0.25, 0.3) is 0 Å². The first-order valence-corrected chi connectivity index (χ1v) is 0.781. The topological polar surface area (TPSA) is 69.1 Å². The molecule has 0 aromatic rings. The Hall–Kier alpha value is -0.133. The molecular weight excluding hydrogens is 63.0 g/mol. The molecule has 0 heterocycles. The Morgan fingerprint density at radius 1 is 1.40 bits per heavy atom. The standard InChI is InChI=1S/CH4N2O.Li/c2-1(3)4;/h(H4,2,3,4);. The summed E-state index contributed by atoms with van der Waals surface area (Å²) in [7, 11) is 0. The van der Waals surface area contributed by atoms with Gasteiger partial charge in [0.05, 0.1) is 0 Å². The Balaban J connectivity index is 0. The van der Waals surface area contributed by atoms with Crippen molar-refractivity contribution >= 4 is 24.9 Å².